The molecular formula is C31H38ClN3O6S. The number of carbonyl (C=O) groups is 2. The molecule has 9 nitrogen and oxygen atoms in total. The normalized spacial score (nSPS) is 12.3. The third kappa shape index (κ3) is 8.87. The molecule has 3 rings (SSSR count). The lowest BCUT2D eigenvalue weighted by Crippen LogP contribution is -2.56. The van der Waals surface area contributed by atoms with Gasteiger partial charge in [-0.25, -0.2) is 8.42 Å². The topological polar surface area (TPSA) is 105 Å². The summed E-state index contributed by atoms with van der Waals surface area (Å²) in [4.78, 5) is 29.5. The maximum atomic E-state index is 14.3. The van der Waals surface area contributed by atoms with Gasteiger partial charge in [0.2, 0.25) is 21.8 Å². The van der Waals surface area contributed by atoms with E-state index in [1.165, 1.54) is 25.2 Å². The highest BCUT2D eigenvalue weighted by Crippen LogP contribution is 2.34. The zero-order valence-corrected chi connectivity index (χ0v) is 26.3. The largest absolute Gasteiger partial charge is 0.497 e. The number of nitrogens with zero attached hydrogens (tertiary/aromatic N) is 2. The molecule has 3 aromatic carbocycles. The monoisotopic (exact) mass is 615 g/mol. The summed E-state index contributed by atoms with van der Waals surface area (Å²) < 4.78 is 37.9. The summed E-state index contributed by atoms with van der Waals surface area (Å²) in [6, 6.07) is 20.0. The van der Waals surface area contributed by atoms with Gasteiger partial charge in [0.1, 0.15) is 24.1 Å². The van der Waals surface area contributed by atoms with E-state index >= 15 is 0 Å². The second kappa shape index (κ2) is 13.9. The number of rotatable bonds is 12. The Hall–Kier alpha value is -3.76. The molecule has 0 fully saturated rings. The van der Waals surface area contributed by atoms with Crippen LogP contribution in [0.2, 0.25) is 5.02 Å². The summed E-state index contributed by atoms with van der Waals surface area (Å²) in [5.74, 6) is -0.365. The highest BCUT2D eigenvalue weighted by Gasteiger charge is 2.35. The molecule has 0 saturated carbocycles. The number of benzene rings is 3. The number of carbonyl (C=O) groups excluding carboxylic acids is 2. The Bertz CT molecular complexity index is 1490. The predicted molar refractivity (Wildman–Crippen MR) is 166 cm³/mol. The van der Waals surface area contributed by atoms with E-state index in [2.05, 4.69) is 5.32 Å². The van der Waals surface area contributed by atoms with Gasteiger partial charge in [0.05, 0.1) is 26.2 Å². The zero-order valence-electron chi connectivity index (χ0n) is 24.8. The standard InChI is InChI=1S/C31H38ClN3O6S/c1-31(2,3)33-30(37)27(18-22-12-8-7-9-13-22)34(20-23-14-10-11-15-25(23)32)29(36)21-35(42(6,38)39)26-19-24(40-4)16-17-28(26)41-5/h7-17,19,27H,18,20-21H2,1-6H3,(H,33,37). The fourth-order valence-electron chi connectivity index (χ4n) is 4.40. The van der Waals surface area contributed by atoms with Crippen LogP contribution in [0.1, 0.15) is 31.9 Å². The Morgan fingerprint density at radius 2 is 1.60 bits per heavy atom. The lowest BCUT2D eigenvalue weighted by Gasteiger charge is -2.35. The Kier molecular flexibility index (Phi) is 10.9. The number of anilines is 1. The molecular weight excluding hydrogens is 578 g/mol. The highest BCUT2D eigenvalue weighted by atomic mass is 35.5. The summed E-state index contributed by atoms with van der Waals surface area (Å²) in [7, 11) is -1.14. The quantitative estimate of drug-likeness (QED) is 0.317. The SMILES string of the molecule is COc1ccc(OC)c(N(CC(=O)N(Cc2ccccc2Cl)C(Cc2ccccc2)C(=O)NC(C)(C)C)S(C)(=O)=O)c1. The lowest BCUT2D eigenvalue weighted by atomic mass is 10.0. The fourth-order valence-corrected chi connectivity index (χ4v) is 5.44. The number of amides is 2. The molecule has 0 aliphatic heterocycles. The van der Waals surface area contributed by atoms with Gasteiger partial charge in [-0.1, -0.05) is 60.1 Å². The van der Waals surface area contributed by atoms with Crippen LogP contribution in [0.15, 0.2) is 72.8 Å². The van der Waals surface area contributed by atoms with E-state index in [0.717, 1.165) is 16.1 Å². The molecule has 226 valence electrons. The smallest absolute Gasteiger partial charge is 0.244 e. The van der Waals surface area contributed by atoms with Crippen molar-refractivity contribution in [1.82, 2.24) is 10.2 Å². The van der Waals surface area contributed by atoms with Gasteiger partial charge in [0, 0.05) is 29.6 Å². The van der Waals surface area contributed by atoms with E-state index in [1.54, 1.807) is 36.4 Å². The second-order valence-electron chi connectivity index (χ2n) is 10.9. The van der Waals surface area contributed by atoms with Gasteiger partial charge in [-0.2, -0.15) is 0 Å². The molecule has 0 radical (unpaired) electrons. The predicted octanol–water partition coefficient (Wildman–Crippen LogP) is 4.68. The first-order chi connectivity index (χ1) is 19.7. The minimum atomic E-state index is -4.00. The number of nitrogens with one attached hydrogen (secondary N) is 1. The highest BCUT2D eigenvalue weighted by molar-refractivity contribution is 7.92. The average Bonchev–Trinajstić information content (AvgIpc) is 2.93. The van der Waals surface area contributed by atoms with E-state index < -0.39 is 34.1 Å². The van der Waals surface area contributed by atoms with Crippen LogP contribution in [-0.4, -0.2) is 63.7 Å². The van der Waals surface area contributed by atoms with Gasteiger partial charge in [-0.15, -0.1) is 0 Å². The van der Waals surface area contributed by atoms with E-state index in [0.29, 0.717) is 16.3 Å². The van der Waals surface area contributed by atoms with Crippen LogP contribution < -0.4 is 19.1 Å². The van der Waals surface area contributed by atoms with Gasteiger partial charge >= 0.3 is 0 Å². The summed E-state index contributed by atoms with van der Waals surface area (Å²) in [6.45, 7) is 4.93. The van der Waals surface area contributed by atoms with Crippen molar-refractivity contribution in [1.29, 1.82) is 0 Å². The Labute approximate surface area is 253 Å². The molecule has 0 aliphatic rings. The second-order valence-corrected chi connectivity index (χ2v) is 13.2. The number of halogens is 1. The van der Waals surface area contributed by atoms with Crippen molar-refractivity contribution in [3.63, 3.8) is 0 Å². The Morgan fingerprint density at radius 3 is 2.17 bits per heavy atom. The molecule has 1 unspecified atom stereocenters. The average molecular weight is 616 g/mol. The third-order valence-electron chi connectivity index (χ3n) is 6.40. The Balaban J connectivity index is 2.14. The van der Waals surface area contributed by atoms with Crippen LogP contribution in [0.25, 0.3) is 0 Å². The fraction of sp³-hybridized carbons (Fsp3) is 0.355. The van der Waals surface area contributed by atoms with Crippen LogP contribution in [-0.2, 0) is 32.6 Å². The molecule has 1 atom stereocenters. The van der Waals surface area contributed by atoms with Crippen molar-refractivity contribution in [3.8, 4) is 11.5 Å². The Morgan fingerprint density at radius 1 is 0.952 bits per heavy atom. The summed E-state index contributed by atoms with van der Waals surface area (Å²) >= 11 is 6.50. The van der Waals surface area contributed by atoms with Crippen LogP contribution in [0.3, 0.4) is 0 Å². The molecule has 0 saturated heterocycles. The van der Waals surface area contributed by atoms with Crippen LogP contribution >= 0.6 is 11.6 Å². The molecule has 3 aromatic rings. The third-order valence-corrected chi connectivity index (χ3v) is 7.90. The van der Waals surface area contributed by atoms with Gasteiger partial charge in [-0.05, 0) is 50.1 Å². The van der Waals surface area contributed by atoms with Crippen LogP contribution in [0.5, 0.6) is 11.5 Å². The van der Waals surface area contributed by atoms with E-state index in [1.807, 2.05) is 51.1 Å². The number of methoxy groups -OCH3 is 2. The van der Waals surface area contributed by atoms with Gasteiger partial charge in [0.15, 0.2) is 0 Å². The zero-order chi connectivity index (χ0) is 31.1. The molecule has 2 amide bonds. The van der Waals surface area contributed by atoms with Crippen molar-refractivity contribution in [2.45, 2.75) is 45.3 Å². The van der Waals surface area contributed by atoms with E-state index in [9.17, 15) is 18.0 Å². The molecule has 0 spiro atoms. The number of ether oxygens (including phenoxy) is 2. The van der Waals surface area contributed by atoms with Crippen molar-refractivity contribution in [2.75, 3.05) is 31.3 Å². The van der Waals surface area contributed by atoms with Crippen molar-refractivity contribution >= 4 is 39.1 Å². The number of hydrogen-bond acceptors (Lipinski definition) is 6. The number of sulfonamides is 1. The molecule has 0 aromatic heterocycles. The molecule has 1 N–H and O–H groups in total. The summed E-state index contributed by atoms with van der Waals surface area (Å²) in [6.07, 6.45) is 1.20. The number of hydrogen-bond donors (Lipinski definition) is 1. The van der Waals surface area contributed by atoms with Gasteiger partial charge < -0.3 is 19.7 Å². The molecule has 42 heavy (non-hydrogen) atoms. The van der Waals surface area contributed by atoms with Crippen molar-refractivity contribution in [3.05, 3.63) is 88.9 Å². The molecule has 0 aliphatic carbocycles. The molecule has 0 bridgehead atoms. The maximum absolute atomic E-state index is 14.3. The van der Waals surface area contributed by atoms with E-state index in [-0.39, 0.29) is 30.3 Å². The first kappa shape index (κ1) is 32.8. The van der Waals surface area contributed by atoms with Gasteiger partial charge in [0.25, 0.3) is 0 Å². The first-order valence-electron chi connectivity index (χ1n) is 13.3. The maximum Gasteiger partial charge on any atom is 0.244 e. The van der Waals surface area contributed by atoms with E-state index in [4.69, 9.17) is 21.1 Å². The summed E-state index contributed by atoms with van der Waals surface area (Å²) in [5.41, 5.74) is 0.985. The van der Waals surface area contributed by atoms with Crippen molar-refractivity contribution < 1.29 is 27.5 Å². The van der Waals surface area contributed by atoms with Crippen LogP contribution in [0.4, 0.5) is 5.69 Å². The first-order valence-corrected chi connectivity index (χ1v) is 15.5. The molecule has 0 heterocycles. The van der Waals surface area contributed by atoms with Crippen LogP contribution in [0, 0.1) is 0 Å². The lowest BCUT2D eigenvalue weighted by molar-refractivity contribution is -0.140. The molecule has 11 heteroatoms. The minimum Gasteiger partial charge on any atom is -0.497 e. The minimum absolute atomic E-state index is 0.0274. The van der Waals surface area contributed by atoms with Gasteiger partial charge in [-0.3, -0.25) is 13.9 Å². The summed E-state index contributed by atoms with van der Waals surface area (Å²) in [5, 5.41) is 3.41. The van der Waals surface area contributed by atoms with Crippen molar-refractivity contribution in [2.24, 2.45) is 0 Å².